The van der Waals surface area contributed by atoms with Gasteiger partial charge >= 0.3 is 5.97 Å². The number of aromatic nitrogens is 3. The predicted octanol–water partition coefficient (Wildman–Crippen LogP) is 1.73. The molecule has 0 atom stereocenters. The van der Waals surface area contributed by atoms with Gasteiger partial charge in [0.15, 0.2) is 0 Å². The minimum atomic E-state index is -0.481. The first kappa shape index (κ1) is 13.8. The Morgan fingerprint density at radius 3 is 2.58 bits per heavy atom. The zero-order chi connectivity index (χ0) is 13.8. The molecule has 2 aromatic rings. The molecule has 1 heterocycles. The number of hydrogen-bond donors (Lipinski definition) is 0. The number of hydrogen-bond acceptors (Lipinski definition) is 5. The largest absolute Gasteiger partial charge is 0.497 e. The van der Waals surface area contributed by atoms with Gasteiger partial charge in [0.25, 0.3) is 0 Å². The molecule has 19 heavy (non-hydrogen) atoms. The van der Waals surface area contributed by atoms with Crippen LogP contribution in [0, 0.1) is 3.70 Å². The molecule has 0 aliphatic rings. The molecule has 0 aliphatic heterocycles. The van der Waals surface area contributed by atoms with E-state index in [0.29, 0.717) is 10.2 Å². The Bertz CT molecular complexity index is 580. The van der Waals surface area contributed by atoms with Crippen molar-refractivity contribution in [3.8, 4) is 5.75 Å². The van der Waals surface area contributed by atoms with E-state index in [-0.39, 0.29) is 5.69 Å². The van der Waals surface area contributed by atoms with Crippen LogP contribution in [-0.2, 0) is 11.3 Å². The second-order valence-electron chi connectivity index (χ2n) is 3.73. The van der Waals surface area contributed by atoms with Crippen LogP contribution in [0.4, 0.5) is 0 Å². The Kier molecular flexibility index (Phi) is 4.35. The highest BCUT2D eigenvalue weighted by Gasteiger charge is 2.18. The lowest BCUT2D eigenvalue weighted by Gasteiger charge is -2.04. The first-order valence-electron chi connectivity index (χ1n) is 5.46. The third kappa shape index (κ3) is 3.03. The number of methoxy groups -OCH3 is 2. The summed E-state index contributed by atoms with van der Waals surface area (Å²) in [5, 5.41) is 7.77. The SMILES string of the molecule is COC(=O)c1nnn(Cc2ccc(OC)cc2)c1I. The van der Waals surface area contributed by atoms with E-state index in [1.54, 1.807) is 11.8 Å². The number of benzene rings is 1. The van der Waals surface area contributed by atoms with Crippen molar-refractivity contribution < 1.29 is 14.3 Å². The molecule has 2 rings (SSSR count). The molecule has 1 aromatic carbocycles. The van der Waals surface area contributed by atoms with Crippen LogP contribution in [0.5, 0.6) is 5.75 Å². The topological polar surface area (TPSA) is 66.2 Å². The fourth-order valence-electron chi connectivity index (χ4n) is 1.53. The number of ether oxygens (including phenoxy) is 2. The van der Waals surface area contributed by atoms with E-state index >= 15 is 0 Å². The first-order chi connectivity index (χ1) is 9.15. The zero-order valence-electron chi connectivity index (χ0n) is 10.5. The summed E-state index contributed by atoms with van der Waals surface area (Å²) in [6, 6.07) is 7.63. The lowest BCUT2D eigenvalue weighted by molar-refractivity contribution is 0.0592. The molecule has 100 valence electrons. The van der Waals surface area contributed by atoms with Crippen molar-refractivity contribution in [2.24, 2.45) is 0 Å². The fraction of sp³-hybridized carbons (Fsp3) is 0.250. The monoisotopic (exact) mass is 373 g/mol. The molecule has 0 saturated heterocycles. The van der Waals surface area contributed by atoms with Gasteiger partial charge in [-0.25, -0.2) is 9.48 Å². The van der Waals surface area contributed by atoms with Crippen LogP contribution in [0.2, 0.25) is 0 Å². The van der Waals surface area contributed by atoms with E-state index in [9.17, 15) is 4.79 Å². The summed E-state index contributed by atoms with van der Waals surface area (Å²) in [6.45, 7) is 0.534. The van der Waals surface area contributed by atoms with E-state index in [1.165, 1.54) is 7.11 Å². The summed E-state index contributed by atoms with van der Waals surface area (Å²) in [7, 11) is 2.94. The Morgan fingerprint density at radius 2 is 2.00 bits per heavy atom. The fourth-order valence-corrected chi connectivity index (χ4v) is 2.12. The van der Waals surface area contributed by atoms with Crippen molar-refractivity contribution in [2.75, 3.05) is 14.2 Å². The molecular weight excluding hydrogens is 361 g/mol. The lowest BCUT2D eigenvalue weighted by atomic mass is 10.2. The van der Waals surface area contributed by atoms with Gasteiger partial charge < -0.3 is 9.47 Å². The van der Waals surface area contributed by atoms with Crippen molar-refractivity contribution in [1.82, 2.24) is 15.0 Å². The number of esters is 1. The van der Waals surface area contributed by atoms with Crippen molar-refractivity contribution in [2.45, 2.75) is 6.54 Å². The van der Waals surface area contributed by atoms with Crippen LogP contribution in [0.3, 0.4) is 0 Å². The first-order valence-corrected chi connectivity index (χ1v) is 6.53. The second kappa shape index (κ2) is 6.00. The third-order valence-electron chi connectivity index (χ3n) is 2.54. The van der Waals surface area contributed by atoms with Crippen LogP contribution in [0.25, 0.3) is 0 Å². The van der Waals surface area contributed by atoms with E-state index in [2.05, 4.69) is 15.0 Å². The van der Waals surface area contributed by atoms with Crippen LogP contribution < -0.4 is 4.74 Å². The maximum Gasteiger partial charge on any atom is 0.361 e. The Balaban J connectivity index is 2.19. The van der Waals surface area contributed by atoms with E-state index in [1.807, 2.05) is 46.9 Å². The highest BCUT2D eigenvalue weighted by atomic mass is 127. The van der Waals surface area contributed by atoms with Crippen LogP contribution >= 0.6 is 22.6 Å². The van der Waals surface area contributed by atoms with E-state index < -0.39 is 5.97 Å². The zero-order valence-corrected chi connectivity index (χ0v) is 12.6. The molecule has 0 spiro atoms. The molecule has 0 bridgehead atoms. The summed E-state index contributed by atoms with van der Waals surface area (Å²) in [5.74, 6) is 0.317. The highest BCUT2D eigenvalue weighted by Crippen LogP contribution is 2.15. The van der Waals surface area contributed by atoms with Gasteiger partial charge in [-0.15, -0.1) is 5.10 Å². The third-order valence-corrected chi connectivity index (χ3v) is 3.61. The normalized spacial score (nSPS) is 10.3. The molecule has 7 heteroatoms. The number of halogens is 1. The smallest absolute Gasteiger partial charge is 0.361 e. The van der Waals surface area contributed by atoms with Crippen LogP contribution in [0.1, 0.15) is 16.1 Å². The van der Waals surface area contributed by atoms with Crippen molar-refractivity contribution in [3.05, 3.63) is 39.2 Å². The van der Waals surface area contributed by atoms with Gasteiger partial charge in [-0.2, -0.15) is 0 Å². The van der Waals surface area contributed by atoms with Gasteiger partial charge in [-0.3, -0.25) is 0 Å². The molecule has 0 radical (unpaired) electrons. The Hall–Kier alpha value is -1.64. The molecule has 0 unspecified atom stereocenters. The van der Waals surface area contributed by atoms with Gasteiger partial charge in [0.2, 0.25) is 5.69 Å². The van der Waals surface area contributed by atoms with Gasteiger partial charge in [0.05, 0.1) is 20.8 Å². The predicted molar refractivity (Wildman–Crippen MR) is 76.2 cm³/mol. The standard InChI is InChI=1S/C12H12IN3O3/c1-18-9-5-3-8(4-6-9)7-16-11(13)10(14-15-16)12(17)19-2/h3-6H,7H2,1-2H3. The second-order valence-corrected chi connectivity index (χ2v) is 4.75. The number of rotatable bonds is 4. The highest BCUT2D eigenvalue weighted by molar-refractivity contribution is 14.1. The summed E-state index contributed by atoms with van der Waals surface area (Å²) in [6.07, 6.45) is 0. The molecular formula is C12H12IN3O3. The quantitative estimate of drug-likeness (QED) is 0.603. The average Bonchev–Trinajstić information content (AvgIpc) is 2.80. The van der Waals surface area contributed by atoms with Crippen molar-refractivity contribution in [1.29, 1.82) is 0 Å². The summed E-state index contributed by atoms with van der Waals surface area (Å²) < 4.78 is 12.0. The van der Waals surface area contributed by atoms with Gasteiger partial charge in [0.1, 0.15) is 9.45 Å². The summed E-state index contributed by atoms with van der Waals surface area (Å²) in [4.78, 5) is 11.4. The molecule has 0 fully saturated rings. The molecule has 0 aliphatic carbocycles. The average molecular weight is 373 g/mol. The molecule has 0 saturated carbocycles. The Morgan fingerprint density at radius 1 is 1.32 bits per heavy atom. The molecule has 0 N–H and O–H groups in total. The Labute approximate surface area is 123 Å². The minimum Gasteiger partial charge on any atom is -0.497 e. The summed E-state index contributed by atoms with van der Waals surface area (Å²) in [5.41, 5.74) is 1.27. The van der Waals surface area contributed by atoms with Crippen LogP contribution in [-0.4, -0.2) is 35.2 Å². The lowest BCUT2D eigenvalue weighted by Crippen LogP contribution is -2.07. The minimum absolute atomic E-state index is 0.233. The number of nitrogens with zero attached hydrogens (tertiary/aromatic N) is 3. The van der Waals surface area contributed by atoms with E-state index in [4.69, 9.17) is 4.74 Å². The number of carbonyl (C=O) groups is 1. The molecule has 6 nitrogen and oxygen atoms in total. The maximum absolute atomic E-state index is 11.4. The van der Waals surface area contributed by atoms with Gasteiger partial charge in [-0.05, 0) is 40.3 Å². The maximum atomic E-state index is 11.4. The molecule has 1 aromatic heterocycles. The molecule has 0 amide bonds. The number of carbonyl (C=O) groups excluding carboxylic acids is 1. The van der Waals surface area contributed by atoms with Crippen molar-refractivity contribution >= 4 is 28.6 Å². The van der Waals surface area contributed by atoms with Crippen molar-refractivity contribution in [3.63, 3.8) is 0 Å². The van der Waals surface area contributed by atoms with E-state index in [0.717, 1.165) is 11.3 Å². The van der Waals surface area contributed by atoms with Gasteiger partial charge in [0, 0.05) is 0 Å². The van der Waals surface area contributed by atoms with Gasteiger partial charge in [-0.1, -0.05) is 17.3 Å². The van der Waals surface area contributed by atoms with Crippen LogP contribution in [0.15, 0.2) is 24.3 Å². The summed E-state index contributed by atoms with van der Waals surface area (Å²) >= 11 is 2.03.